The van der Waals surface area contributed by atoms with E-state index in [1.54, 1.807) is 0 Å². The van der Waals surface area contributed by atoms with Crippen LogP contribution in [0.2, 0.25) is 0 Å². The lowest BCUT2D eigenvalue weighted by Gasteiger charge is -2.34. The van der Waals surface area contributed by atoms with Gasteiger partial charge >= 0.3 is 5.97 Å². The van der Waals surface area contributed by atoms with Gasteiger partial charge in [-0.25, -0.2) is 4.79 Å². The van der Waals surface area contributed by atoms with Crippen LogP contribution in [-0.2, 0) is 14.3 Å². The number of hydrogen-bond acceptors (Lipinski definition) is 4. The zero-order valence-corrected chi connectivity index (χ0v) is 13.0. The molecular weight excluding hydrogens is 242 g/mol. The van der Waals surface area contributed by atoms with Gasteiger partial charge < -0.3 is 9.47 Å². The Balaban J connectivity index is 2.64. The van der Waals surface area contributed by atoms with Gasteiger partial charge in [0.05, 0.1) is 13.7 Å². The molecule has 1 rings (SSSR count). The van der Waals surface area contributed by atoms with Crippen LogP contribution < -0.4 is 5.32 Å². The molecule has 4 nitrogen and oxygen atoms in total. The van der Waals surface area contributed by atoms with Crippen molar-refractivity contribution in [3.63, 3.8) is 0 Å². The molecule has 0 aliphatic heterocycles. The summed E-state index contributed by atoms with van der Waals surface area (Å²) in [4.78, 5) is 12.2. The van der Waals surface area contributed by atoms with Gasteiger partial charge in [-0.05, 0) is 44.9 Å². The molecule has 0 aromatic heterocycles. The number of esters is 1. The van der Waals surface area contributed by atoms with Gasteiger partial charge in [0.15, 0.2) is 0 Å². The van der Waals surface area contributed by atoms with Gasteiger partial charge in [0, 0.05) is 12.6 Å². The van der Waals surface area contributed by atoms with Gasteiger partial charge in [-0.3, -0.25) is 5.32 Å². The normalized spacial score (nSPS) is 18.7. The second-order valence-electron chi connectivity index (χ2n) is 6.27. The minimum Gasteiger partial charge on any atom is -0.468 e. The summed E-state index contributed by atoms with van der Waals surface area (Å²) in [7, 11) is 1.45. The van der Waals surface area contributed by atoms with Crippen LogP contribution >= 0.6 is 0 Å². The highest BCUT2D eigenvalue weighted by Crippen LogP contribution is 2.41. The van der Waals surface area contributed by atoms with Crippen LogP contribution in [0, 0.1) is 11.8 Å². The zero-order valence-electron chi connectivity index (χ0n) is 13.0. The summed E-state index contributed by atoms with van der Waals surface area (Å²) >= 11 is 0. The van der Waals surface area contributed by atoms with Crippen molar-refractivity contribution in [3.05, 3.63) is 0 Å². The molecular formula is C15H29NO3. The number of ether oxygens (including phenoxy) is 2. The average Bonchev–Trinajstić information content (AvgIpc) is 3.15. The molecule has 0 bridgehead atoms. The average molecular weight is 271 g/mol. The molecule has 0 aromatic carbocycles. The third-order valence-corrected chi connectivity index (χ3v) is 3.54. The summed E-state index contributed by atoms with van der Waals surface area (Å²) in [6.45, 7) is 9.55. The number of hydrogen-bond donors (Lipinski definition) is 1. The third kappa shape index (κ3) is 4.77. The van der Waals surface area contributed by atoms with Gasteiger partial charge in [-0.2, -0.15) is 0 Å². The minimum atomic E-state index is -0.653. The van der Waals surface area contributed by atoms with Crippen LogP contribution in [0.4, 0.5) is 0 Å². The molecule has 1 fully saturated rings. The quantitative estimate of drug-likeness (QED) is 0.516. The molecule has 1 aliphatic rings. The molecule has 0 amide bonds. The first-order chi connectivity index (χ1) is 8.92. The monoisotopic (exact) mass is 271 g/mol. The van der Waals surface area contributed by atoms with Crippen molar-refractivity contribution in [2.75, 3.05) is 20.3 Å². The summed E-state index contributed by atoms with van der Waals surface area (Å²) < 4.78 is 10.8. The van der Waals surface area contributed by atoms with E-state index in [1.807, 2.05) is 13.8 Å². The van der Waals surface area contributed by atoms with E-state index >= 15 is 0 Å². The van der Waals surface area contributed by atoms with Crippen molar-refractivity contribution in [3.8, 4) is 0 Å². The molecule has 1 aliphatic carbocycles. The van der Waals surface area contributed by atoms with Gasteiger partial charge in [-0.15, -0.1) is 0 Å². The molecule has 4 heteroatoms. The van der Waals surface area contributed by atoms with Crippen molar-refractivity contribution in [2.24, 2.45) is 11.8 Å². The molecule has 0 saturated heterocycles. The van der Waals surface area contributed by atoms with Crippen LogP contribution in [0.5, 0.6) is 0 Å². The summed E-state index contributed by atoms with van der Waals surface area (Å²) in [5.74, 6) is 0.779. The topological polar surface area (TPSA) is 47.6 Å². The molecule has 1 N–H and O–H groups in total. The summed E-state index contributed by atoms with van der Waals surface area (Å²) in [6, 6.07) is 0.230. The summed E-state index contributed by atoms with van der Waals surface area (Å²) in [6.07, 6.45) is 3.16. The second kappa shape index (κ2) is 7.25. The lowest BCUT2D eigenvalue weighted by atomic mass is 9.93. The Morgan fingerprint density at radius 3 is 2.37 bits per heavy atom. The predicted molar refractivity (Wildman–Crippen MR) is 76.0 cm³/mol. The Kier molecular flexibility index (Phi) is 6.27. The van der Waals surface area contributed by atoms with E-state index in [4.69, 9.17) is 9.47 Å². The van der Waals surface area contributed by atoms with Crippen LogP contribution in [0.3, 0.4) is 0 Å². The summed E-state index contributed by atoms with van der Waals surface area (Å²) in [5, 5.41) is 3.39. The fourth-order valence-electron chi connectivity index (χ4n) is 2.39. The summed E-state index contributed by atoms with van der Waals surface area (Å²) in [5.41, 5.74) is -0.653. The third-order valence-electron chi connectivity index (χ3n) is 3.54. The fraction of sp³-hybridized carbons (Fsp3) is 0.933. The fourth-order valence-corrected chi connectivity index (χ4v) is 2.39. The van der Waals surface area contributed by atoms with E-state index in [9.17, 15) is 4.79 Å². The lowest BCUT2D eigenvalue weighted by Crippen LogP contribution is -2.60. The molecule has 1 saturated carbocycles. The molecule has 0 radical (unpaired) electrons. The van der Waals surface area contributed by atoms with Gasteiger partial charge in [0.2, 0.25) is 0 Å². The number of carbonyl (C=O) groups excluding carboxylic acids is 1. The van der Waals surface area contributed by atoms with Crippen LogP contribution in [0.15, 0.2) is 0 Å². The Morgan fingerprint density at radius 1 is 1.32 bits per heavy atom. The van der Waals surface area contributed by atoms with E-state index in [-0.39, 0.29) is 12.0 Å². The first-order valence-electron chi connectivity index (χ1n) is 7.36. The molecule has 0 spiro atoms. The highest BCUT2D eigenvalue weighted by molar-refractivity contribution is 5.82. The van der Waals surface area contributed by atoms with Crippen molar-refractivity contribution in [2.45, 2.75) is 58.5 Å². The Bertz CT molecular complexity index is 287. The van der Waals surface area contributed by atoms with Crippen LogP contribution in [0.25, 0.3) is 0 Å². The van der Waals surface area contributed by atoms with E-state index in [0.29, 0.717) is 25.0 Å². The largest absolute Gasteiger partial charge is 0.468 e. The van der Waals surface area contributed by atoms with Crippen LogP contribution in [-0.4, -0.2) is 37.9 Å². The van der Waals surface area contributed by atoms with Crippen molar-refractivity contribution >= 4 is 5.97 Å². The zero-order chi connectivity index (χ0) is 14.5. The standard InChI is InChI=1S/C15H29NO3/c1-11(2)8-9-19-10-15(13-6-7-13,14(17)18-5)16-12(3)4/h11-13,16H,6-10H2,1-5H3. The maximum absolute atomic E-state index is 12.2. The van der Waals surface area contributed by atoms with Gasteiger partial charge in [-0.1, -0.05) is 13.8 Å². The molecule has 0 heterocycles. The maximum Gasteiger partial charge on any atom is 0.328 e. The van der Waals surface area contributed by atoms with Gasteiger partial charge in [0.25, 0.3) is 0 Å². The molecule has 1 atom stereocenters. The minimum absolute atomic E-state index is 0.187. The molecule has 19 heavy (non-hydrogen) atoms. The SMILES string of the molecule is COC(=O)C(COCCC(C)C)(NC(C)C)C1CC1. The second-order valence-corrected chi connectivity index (χ2v) is 6.27. The number of nitrogens with one attached hydrogen (secondary N) is 1. The Hall–Kier alpha value is -0.610. The van der Waals surface area contributed by atoms with Crippen molar-refractivity contribution in [1.82, 2.24) is 5.32 Å². The van der Waals surface area contributed by atoms with E-state index in [0.717, 1.165) is 19.3 Å². The van der Waals surface area contributed by atoms with Crippen molar-refractivity contribution < 1.29 is 14.3 Å². The number of methoxy groups -OCH3 is 1. The Morgan fingerprint density at radius 2 is 1.95 bits per heavy atom. The number of rotatable bonds is 9. The molecule has 1 unspecified atom stereocenters. The van der Waals surface area contributed by atoms with E-state index < -0.39 is 5.54 Å². The van der Waals surface area contributed by atoms with E-state index in [2.05, 4.69) is 19.2 Å². The highest BCUT2D eigenvalue weighted by atomic mass is 16.5. The smallest absolute Gasteiger partial charge is 0.328 e. The number of carbonyl (C=O) groups is 1. The lowest BCUT2D eigenvalue weighted by molar-refractivity contribution is -0.153. The Labute approximate surface area is 117 Å². The highest BCUT2D eigenvalue weighted by Gasteiger charge is 2.52. The first-order valence-corrected chi connectivity index (χ1v) is 7.36. The van der Waals surface area contributed by atoms with E-state index in [1.165, 1.54) is 7.11 Å². The predicted octanol–water partition coefficient (Wildman–Crippen LogP) is 2.37. The molecule has 0 aromatic rings. The first kappa shape index (κ1) is 16.4. The van der Waals surface area contributed by atoms with Gasteiger partial charge in [0.1, 0.15) is 5.54 Å². The van der Waals surface area contributed by atoms with Crippen LogP contribution in [0.1, 0.15) is 47.0 Å². The van der Waals surface area contributed by atoms with Crippen molar-refractivity contribution in [1.29, 1.82) is 0 Å². The maximum atomic E-state index is 12.2. The molecule has 112 valence electrons.